The summed E-state index contributed by atoms with van der Waals surface area (Å²) in [5, 5.41) is 0. The highest BCUT2D eigenvalue weighted by Gasteiger charge is 2.35. The number of nitrogens with zero attached hydrogens (tertiary/aromatic N) is 3. The molecule has 0 atom stereocenters. The minimum absolute atomic E-state index is 0.0814. The highest BCUT2D eigenvalue weighted by atomic mass is 16.2. The fraction of sp³-hybridized carbons (Fsp3) is 0.250. The number of likely N-dealkylation sites (N-methyl/N-ethyl adjacent to an activating group) is 1. The third-order valence-electron chi connectivity index (χ3n) is 4.97. The Bertz CT molecular complexity index is 874. The molecule has 4 rings (SSSR count). The van der Waals surface area contributed by atoms with Crippen LogP contribution in [0.4, 0.5) is 11.4 Å². The van der Waals surface area contributed by atoms with E-state index in [1.54, 1.807) is 29.2 Å². The molecule has 0 unspecified atom stereocenters. The van der Waals surface area contributed by atoms with Gasteiger partial charge in [-0.05, 0) is 24.3 Å². The largest absolute Gasteiger partial charge is 0.371 e. The van der Waals surface area contributed by atoms with Gasteiger partial charge in [-0.1, -0.05) is 24.3 Å². The second-order valence-electron chi connectivity index (χ2n) is 6.51. The van der Waals surface area contributed by atoms with Crippen molar-refractivity contribution in [2.24, 2.45) is 0 Å². The Labute approximate surface area is 151 Å². The number of amides is 3. The number of hydrogen-bond acceptors (Lipinski definition) is 4. The van der Waals surface area contributed by atoms with E-state index in [0.29, 0.717) is 17.7 Å². The SMILES string of the molecule is CN1CCN(C(=O)CCN2C(=O)c3ccccc3C2=O)c2ccccc21. The van der Waals surface area contributed by atoms with Gasteiger partial charge in [0.05, 0.1) is 22.5 Å². The maximum atomic E-state index is 12.8. The number of carbonyl (C=O) groups is 3. The standard InChI is InChI=1S/C20H19N3O3/c1-21-12-13-22(17-9-5-4-8-16(17)21)18(24)10-11-23-19(25)14-6-2-3-7-15(14)20(23)26/h2-9H,10-13H2,1H3. The van der Waals surface area contributed by atoms with Gasteiger partial charge < -0.3 is 9.80 Å². The summed E-state index contributed by atoms with van der Waals surface area (Å²) >= 11 is 0. The molecule has 2 heterocycles. The van der Waals surface area contributed by atoms with E-state index >= 15 is 0 Å². The third-order valence-corrected chi connectivity index (χ3v) is 4.97. The highest BCUT2D eigenvalue weighted by Crippen LogP contribution is 2.32. The Kier molecular flexibility index (Phi) is 3.95. The van der Waals surface area contributed by atoms with Crippen molar-refractivity contribution in [3.05, 3.63) is 59.7 Å². The van der Waals surface area contributed by atoms with Crippen LogP contribution in [0.25, 0.3) is 0 Å². The molecule has 0 saturated heterocycles. The molecule has 0 bridgehead atoms. The number of anilines is 2. The number of rotatable bonds is 3. The van der Waals surface area contributed by atoms with E-state index in [1.165, 1.54) is 4.90 Å². The Morgan fingerprint density at radius 3 is 2.12 bits per heavy atom. The van der Waals surface area contributed by atoms with Gasteiger partial charge in [-0.25, -0.2) is 0 Å². The van der Waals surface area contributed by atoms with Crippen molar-refractivity contribution in [2.45, 2.75) is 6.42 Å². The van der Waals surface area contributed by atoms with Gasteiger partial charge in [0.15, 0.2) is 0 Å². The van der Waals surface area contributed by atoms with E-state index in [0.717, 1.165) is 17.9 Å². The van der Waals surface area contributed by atoms with Crippen molar-refractivity contribution in [3.8, 4) is 0 Å². The first-order valence-corrected chi connectivity index (χ1v) is 8.63. The van der Waals surface area contributed by atoms with Crippen molar-refractivity contribution < 1.29 is 14.4 Å². The summed E-state index contributed by atoms with van der Waals surface area (Å²) in [5.74, 6) is -0.725. The smallest absolute Gasteiger partial charge is 0.261 e. The number of benzene rings is 2. The molecule has 0 aromatic heterocycles. The molecular formula is C20H19N3O3. The van der Waals surface area contributed by atoms with Crippen LogP contribution in [-0.2, 0) is 4.79 Å². The second-order valence-corrected chi connectivity index (χ2v) is 6.51. The van der Waals surface area contributed by atoms with E-state index < -0.39 is 0 Å². The van der Waals surface area contributed by atoms with Gasteiger partial charge in [0.1, 0.15) is 0 Å². The first-order chi connectivity index (χ1) is 12.6. The fourth-order valence-electron chi connectivity index (χ4n) is 3.55. The van der Waals surface area contributed by atoms with E-state index in [4.69, 9.17) is 0 Å². The molecule has 0 radical (unpaired) electrons. The van der Waals surface area contributed by atoms with Crippen LogP contribution >= 0.6 is 0 Å². The molecule has 0 N–H and O–H groups in total. The maximum absolute atomic E-state index is 12.8. The van der Waals surface area contributed by atoms with Crippen LogP contribution in [-0.4, -0.2) is 49.3 Å². The lowest BCUT2D eigenvalue weighted by Crippen LogP contribution is -2.44. The molecule has 2 aromatic carbocycles. The Balaban J connectivity index is 1.48. The fourth-order valence-corrected chi connectivity index (χ4v) is 3.55. The van der Waals surface area contributed by atoms with E-state index in [1.807, 2.05) is 31.3 Å². The van der Waals surface area contributed by atoms with Crippen LogP contribution in [0.5, 0.6) is 0 Å². The second kappa shape index (κ2) is 6.29. The van der Waals surface area contributed by atoms with Gasteiger partial charge in [0, 0.05) is 33.1 Å². The lowest BCUT2D eigenvalue weighted by Gasteiger charge is -2.35. The monoisotopic (exact) mass is 349 g/mol. The van der Waals surface area contributed by atoms with Crippen LogP contribution in [0, 0.1) is 0 Å². The molecule has 2 aliphatic rings. The average molecular weight is 349 g/mol. The van der Waals surface area contributed by atoms with Gasteiger partial charge in [0.25, 0.3) is 11.8 Å². The summed E-state index contributed by atoms with van der Waals surface area (Å²) < 4.78 is 0. The molecule has 0 saturated carbocycles. The summed E-state index contributed by atoms with van der Waals surface area (Å²) in [6.07, 6.45) is 0.115. The number of carbonyl (C=O) groups excluding carboxylic acids is 3. The van der Waals surface area contributed by atoms with Gasteiger partial charge in [-0.3, -0.25) is 19.3 Å². The summed E-state index contributed by atoms with van der Waals surface area (Å²) in [7, 11) is 2.00. The molecule has 2 aromatic rings. The zero-order valence-electron chi connectivity index (χ0n) is 14.5. The zero-order chi connectivity index (χ0) is 18.3. The maximum Gasteiger partial charge on any atom is 0.261 e. The molecule has 6 nitrogen and oxygen atoms in total. The Morgan fingerprint density at radius 2 is 1.46 bits per heavy atom. The van der Waals surface area contributed by atoms with Gasteiger partial charge in [-0.15, -0.1) is 0 Å². The lowest BCUT2D eigenvalue weighted by molar-refractivity contribution is -0.118. The van der Waals surface area contributed by atoms with Crippen molar-refractivity contribution in [3.63, 3.8) is 0 Å². The topological polar surface area (TPSA) is 60.9 Å². The predicted octanol–water partition coefficient (Wildman–Crippen LogP) is 2.16. The van der Waals surface area contributed by atoms with Crippen molar-refractivity contribution in [1.29, 1.82) is 0 Å². The first kappa shape index (κ1) is 16.3. The van der Waals surface area contributed by atoms with Crippen LogP contribution in [0.3, 0.4) is 0 Å². The predicted molar refractivity (Wildman–Crippen MR) is 98.5 cm³/mol. The van der Waals surface area contributed by atoms with Crippen molar-refractivity contribution in [1.82, 2.24) is 4.90 Å². The molecule has 2 aliphatic heterocycles. The van der Waals surface area contributed by atoms with Gasteiger partial charge in [0.2, 0.25) is 5.91 Å². The minimum Gasteiger partial charge on any atom is -0.371 e. The zero-order valence-corrected chi connectivity index (χ0v) is 14.5. The highest BCUT2D eigenvalue weighted by molar-refractivity contribution is 6.21. The van der Waals surface area contributed by atoms with Crippen molar-refractivity contribution >= 4 is 29.1 Å². The number of para-hydroxylation sites is 2. The lowest BCUT2D eigenvalue weighted by atomic mass is 10.1. The van der Waals surface area contributed by atoms with Crippen molar-refractivity contribution in [2.75, 3.05) is 36.5 Å². The van der Waals surface area contributed by atoms with E-state index in [9.17, 15) is 14.4 Å². The Hall–Kier alpha value is -3.15. The quantitative estimate of drug-likeness (QED) is 0.797. The summed E-state index contributed by atoms with van der Waals surface area (Å²) in [6, 6.07) is 14.5. The molecule has 132 valence electrons. The molecule has 26 heavy (non-hydrogen) atoms. The van der Waals surface area contributed by atoms with Crippen LogP contribution in [0.15, 0.2) is 48.5 Å². The minimum atomic E-state index is -0.322. The number of fused-ring (bicyclic) bond motifs is 2. The Morgan fingerprint density at radius 1 is 0.885 bits per heavy atom. The molecule has 0 fully saturated rings. The van der Waals surface area contributed by atoms with E-state index in [-0.39, 0.29) is 30.7 Å². The third kappa shape index (κ3) is 2.54. The molecule has 0 aliphatic carbocycles. The summed E-state index contributed by atoms with van der Waals surface area (Å²) in [5.41, 5.74) is 2.70. The molecular weight excluding hydrogens is 330 g/mol. The molecule has 0 spiro atoms. The number of hydrogen-bond donors (Lipinski definition) is 0. The first-order valence-electron chi connectivity index (χ1n) is 8.63. The average Bonchev–Trinajstić information content (AvgIpc) is 2.91. The van der Waals surface area contributed by atoms with Gasteiger partial charge >= 0.3 is 0 Å². The number of imide groups is 1. The van der Waals surface area contributed by atoms with Crippen LogP contribution in [0.1, 0.15) is 27.1 Å². The summed E-state index contributed by atoms with van der Waals surface area (Å²) in [6.45, 7) is 1.43. The van der Waals surface area contributed by atoms with Gasteiger partial charge in [-0.2, -0.15) is 0 Å². The molecule has 6 heteroatoms. The van der Waals surface area contributed by atoms with Crippen LogP contribution < -0.4 is 9.80 Å². The van der Waals surface area contributed by atoms with Crippen LogP contribution in [0.2, 0.25) is 0 Å². The van der Waals surface area contributed by atoms with E-state index in [2.05, 4.69) is 4.90 Å². The molecule has 3 amide bonds. The normalized spacial score (nSPS) is 16.0. The summed E-state index contributed by atoms with van der Waals surface area (Å²) in [4.78, 5) is 42.6.